The number of hydrogen-bond donors (Lipinski definition) is 0. The fourth-order valence-electron chi connectivity index (χ4n) is 1.65. The second kappa shape index (κ2) is 6.87. The Morgan fingerprint density at radius 2 is 2.29 bits per heavy atom. The van der Waals surface area contributed by atoms with Crippen LogP contribution < -0.4 is 4.90 Å². The highest BCUT2D eigenvalue weighted by Gasteiger charge is 2.09. The van der Waals surface area contributed by atoms with Crippen LogP contribution in [-0.2, 0) is 4.74 Å². The Kier molecular flexibility index (Phi) is 5.44. The van der Waals surface area contributed by atoms with Crippen LogP contribution in [0.4, 0.5) is 5.69 Å². The molecule has 0 aromatic carbocycles. The zero-order valence-electron chi connectivity index (χ0n) is 10.7. The lowest BCUT2D eigenvalue weighted by Crippen LogP contribution is -2.31. The van der Waals surface area contributed by atoms with Gasteiger partial charge in [0.25, 0.3) is 0 Å². The van der Waals surface area contributed by atoms with Crippen LogP contribution in [0.25, 0.3) is 0 Å². The predicted octanol–water partition coefficient (Wildman–Crippen LogP) is 2.06. The summed E-state index contributed by atoms with van der Waals surface area (Å²) in [7, 11) is 1.70. The Labute approximate surface area is 103 Å². The first-order chi connectivity index (χ1) is 8.17. The molecule has 1 heterocycles. The summed E-state index contributed by atoms with van der Waals surface area (Å²) in [5.74, 6) is 0.561. The number of methoxy groups -OCH3 is 1. The van der Waals surface area contributed by atoms with E-state index in [1.165, 1.54) is 0 Å². The number of anilines is 1. The van der Waals surface area contributed by atoms with Crippen LogP contribution in [0.1, 0.15) is 19.5 Å². The molecule has 0 atom stereocenters. The van der Waals surface area contributed by atoms with Crippen LogP contribution in [0.5, 0.6) is 0 Å². The number of nitrogens with zero attached hydrogens (tertiary/aromatic N) is 3. The zero-order chi connectivity index (χ0) is 12.7. The monoisotopic (exact) mass is 233 g/mol. The van der Waals surface area contributed by atoms with Gasteiger partial charge in [0.1, 0.15) is 11.8 Å². The maximum absolute atomic E-state index is 8.85. The number of rotatable bonds is 6. The Bertz CT molecular complexity index is 384. The zero-order valence-corrected chi connectivity index (χ0v) is 10.7. The Balaban J connectivity index is 2.83. The van der Waals surface area contributed by atoms with Crippen molar-refractivity contribution in [2.45, 2.75) is 13.8 Å². The van der Waals surface area contributed by atoms with Gasteiger partial charge in [0.2, 0.25) is 0 Å². The molecule has 0 bridgehead atoms. The van der Waals surface area contributed by atoms with Crippen molar-refractivity contribution in [1.82, 2.24) is 4.98 Å². The molecule has 0 saturated heterocycles. The topological polar surface area (TPSA) is 49.1 Å². The van der Waals surface area contributed by atoms with Crippen LogP contribution in [0.15, 0.2) is 18.3 Å². The van der Waals surface area contributed by atoms with Crippen molar-refractivity contribution >= 4 is 5.69 Å². The highest BCUT2D eigenvalue weighted by molar-refractivity contribution is 5.48. The summed E-state index contributed by atoms with van der Waals surface area (Å²) in [5, 5.41) is 8.85. The molecule has 17 heavy (non-hydrogen) atoms. The number of ether oxygens (including phenoxy) is 1. The summed E-state index contributed by atoms with van der Waals surface area (Å²) in [6.45, 7) is 6.79. The van der Waals surface area contributed by atoms with E-state index in [1.807, 2.05) is 12.1 Å². The summed E-state index contributed by atoms with van der Waals surface area (Å²) in [5.41, 5.74) is 1.48. The number of pyridine rings is 1. The van der Waals surface area contributed by atoms with Crippen molar-refractivity contribution in [3.05, 3.63) is 24.0 Å². The van der Waals surface area contributed by atoms with Gasteiger partial charge in [-0.2, -0.15) is 5.26 Å². The minimum atomic E-state index is 0.452. The normalized spacial score (nSPS) is 10.3. The summed E-state index contributed by atoms with van der Waals surface area (Å²) in [6, 6.07) is 5.81. The number of hydrogen-bond acceptors (Lipinski definition) is 4. The van der Waals surface area contributed by atoms with Gasteiger partial charge in [-0.15, -0.1) is 0 Å². The van der Waals surface area contributed by atoms with Gasteiger partial charge in [0, 0.05) is 32.1 Å². The largest absolute Gasteiger partial charge is 0.383 e. The Morgan fingerprint density at radius 1 is 1.53 bits per heavy atom. The van der Waals surface area contributed by atoms with Crippen molar-refractivity contribution in [2.75, 3.05) is 31.7 Å². The molecule has 0 radical (unpaired) electrons. The summed E-state index contributed by atoms with van der Waals surface area (Å²) in [6.07, 6.45) is 1.67. The average molecular weight is 233 g/mol. The van der Waals surface area contributed by atoms with Gasteiger partial charge in [0.05, 0.1) is 6.61 Å². The lowest BCUT2D eigenvalue weighted by Gasteiger charge is -2.26. The van der Waals surface area contributed by atoms with E-state index in [9.17, 15) is 0 Å². The predicted molar refractivity (Wildman–Crippen MR) is 67.9 cm³/mol. The van der Waals surface area contributed by atoms with Gasteiger partial charge < -0.3 is 9.64 Å². The molecule has 0 fully saturated rings. The molecule has 0 spiro atoms. The van der Waals surface area contributed by atoms with Crippen LogP contribution in [0, 0.1) is 17.2 Å². The second-order valence-electron chi connectivity index (χ2n) is 4.34. The molecule has 92 valence electrons. The quantitative estimate of drug-likeness (QED) is 0.754. The van der Waals surface area contributed by atoms with Crippen molar-refractivity contribution in [3.8, 4) is 6.07 Å². The summed E-state index contributed by atoms with van der Waals surface area (Å²) < 4.78 is 5.11. The molecule has 0 aliphatic heterocycles. The lowest BCUT2D eigenvalue weighted by atomic mass is 10.2. The third kappa shape index (κ3) is 4.41. The third-order valence-corrected chi connectivity index (χ3v) is 2.37. The van der Waals surface area contributed by atoms with Gasteiger partial charge >= 0.3 is 0 Å². The van der Waals surface area contributed by atoms with Crippen molar-refractivity contribution in [1.29, 1.82) is 5.26 Å². The first kappa shape index (κ1) is 13.5. The van der Waals surface area contributed by atoms with E-state index < -0.39 is 0 Å². The van der Waals surface area contributed by atoms with E-state index in [2.05, 4.69) is 29.8 Å². The van der Waals surface area contributed by atoms with E-state index in [0.717, 1.165) is 18.8 Å². The minimum absolute atomic E-state index is 0.452. The molecule has 0 aliphatic carbocycles. The smallest absolute Gasteiger partial charge is 0.142 e. The van der Waals surface area contributed by atoms with E-state index in [1.54, 1.807) is 13.3 Å². The van der Waals surface area contributed by atoms with Gasteiger partial charge in [-0.25, -0.2) is 4.98 Å². The highest BCUT2D eigenvalue weighted by atomic mass is 16.5. The molecule has 0 unspecified atom stereocenters. The van der Waals surface area contributed by atoms with Gasteiger partial charge in [0.15, 0.2) is 0 Å². The molecule has 1 aromatic heterocycles. The van der Waals surface area contributed by atoms with E-state index in [-0.39, 0.29) is 0 Å². The summed E-state index contributed by atoms with van der Waals surface area (Å²) in [4.78, 5) is 6.20. The molecule has 0 saturated carbocycles. The second-order valence-corrected chi connectivity index (χ2v) is 4.34. The summed E-state index contributed by atoms with van der Waals surface area (Å²) >= 11 is 0. The lowest BCUT2D eigenvalue weighted by molar-refractivity contribution is 0.204. The standard InChI is InChI=1S/C13H19N3O/c1-11(2)10-16(6-7-17-3)13-4-5-15-12(8-13)9-14/h4-5,8,11H,6-7,10H2,1-3H3. The Morgan fingerprint density at radius 3 is 2.88 bits per heavy atom. The molecule has 0 aliphatic rings. The van der Waals surface area contributed by atoms with Crippen LogP contribution >= 0.6 is 0 Å². The molecule has 4 nitrogen and oxygen atoms in total. The fourth-order valence-corrected chi connectivity index (χ4v) is 1.65. The molecule has 1 rings (SSSR count). The SMILES string of the molecule is COCCN(CC(C)C)c1ccnc(C#N)c1. The van der Waals surface area contributed by atoms with Crippen molar-refractivity contribution in [2.24, 2.45) is 5.92 Å². The minimum Gasteiger partial charge on any atom is -0.383 e. The van der Waals surface area contributed by atoms with E-state index in [4.69, 9.17) is 10.00 Å². The van der Waals surface area contributed by atoms with E-state index in [0.29, 0.717) is 18.2 Å². The van der Waals surface area contributed by atoms with Gasteiger partial charge in [-0.1, -0.05) is 13.8 Å². The molecular weight excluding hydrogens is 214 g/mol. The average Bonchev–Trinajstić information content (AvgIpc) is 2.34. The number of aromatic nitrogens is 1. The molecule has 4 heteroatoms. The Hall–Kier alpha value is -1.60. The van der Waals surface area contributed by atoms with Crippen LogP contribution in [0.2, 0.25) is 0 Å². The first-order valence-electron chi connectivity index (χ1n) is 5.77. The van der Waals surface area contributed by atoms with Crippen LogP contribution in [-0.4, -0.2) is 31.8 Å². The van der Waals surface area contributed by atoms with Gasteiger partial charge in [-0.05, 0) is 18.1 Å². The number of nitriles is 1. The first-order valence-corrected chi connectivity index (χ1v) is 5.77. The fraction of sp³-hybridized carbons (Fsp3) is 0.538. The third-order valence-electron chi connectivity index (χ3n) is 2.37. The van der Waals surface area contributed by atoms with Crippen molar-refractivity contribution in [3.63, 3.8) is 0 Å². The van der Waals surface area contributed by atoms with Crippen LogP contribution in [0.3, 0.4) is 0 Å². The molecular formula is C13H19N3O. The maximum Gasteiger partial charge on any atom is 0.142 e. The highest BCUT2D eigenvalue weighted by Crippen LogP contribution is 2.15. The molecule has 1 aromatic rings. The van der Waals surface area contributed by atoms with E-state index >= 15 is 0 Å². The maximum atomic E-state index is 8.85. The molecule has 0 N–H and O–H groups in total. The molecule has 0 amide bonds. The van der Waals surface area contributed by atoms with Gasteiger partial charge in [-0.3, -0.25) is 0 Å². The van der Waals surface area contributed by atoms with Crippen molar-refractivity contribution < 1.29 is 4.74 Å².